The van der Waals surface area contributed by atoms with Gasteiger partial charge in [-0.15, -0.1) is 11.8 Å². The van der Waals surface area contributed by atoms with E-state index in [1.165, 1.54) is 11.8 Å². The summed E-state index contributed by atoms with van der Waals surface area (Å²) in [5, 5.41) is 2.34. The van der Waals surface area contributed by atoms with Gasteiger partial charge in [-0.05, 0) is 31.2 Å². The third-order valence-electron chi connectivity index (χ3n) is 4.30. The van der Waals surface area contributed by atoms with Crippen molar-refractivity contribution in [1.29, 1.82) is 0 Å². The largest absolute Gasteiger partial charge is 0.497 e. The maximum atomic E-state index is 13.0. The molecule has 0 saturated carbocycles. The van der Waals surface area contributed by atoms with Gasteiger partial charge in [0.25, 0.3) is 5.91 Å². The fourth-order valence-corrected chi connectivity index (χ4v) is 3.65. The lowest BCUT2D eigenvalue weighted by atomic mass is 10.1. The summed E-state index contributed by atoms with van der Waals surface area (Å²) >= 11 is 1.39. The monoisotopic (exact) mass is 421 g/mol. The van der Waals surface area contributed by atoms with Crippen molar-refractivity contribution in [3.05, 3.63) is 90.5 Å². The van der Waals surface area contributed by atoms with Crippen LogP contribution in [-0.4, -0.2) is 24.2 Å². The van der Waals surface area contributed by atoms with Crippen molar-refractivity contribution in [3.8, 4) is 5.75 Å². The molecule has 1 N–H and O–H groups in total. The summed E-state index contributed by atoms with van der Waals surface area (Å²) in [5.41, 5.74) is 1.16. The fraction of sp³-hybridized carbons (Fsp3) is 0.167. The van der Waals surface area contributed by atoms with E-state index in [0.29, 0.717) is 17.0 Å². The van der Waals surface area contributed by atoms with Crippen LogP contribution in [0.4, 0.5) is 5.69 Å². The molecule has 0 radical (unpaired) electrons. The number of anilines is 1. The SMILES string of the molecule is COc1cccc(NC(=O)[C@H](OC(=O)[C@H](C)Sc2ccccc2)c2ccccc2)c1. The van der Waals surface area contributed by atoms with Crippen molar-refractivity contribution in [3.63, 3.8) is 0 Å². The Morgan fingerprint density at radius 1 is 0.900 bits per heavy atom. The molecule has 0 bridgehead atoms. The molecular weight excluding hydrogens is 398 g/mol. The maximum Gasteiger partial charge on any atom is 0.320 e. The molecule has 0 heterocycles. The topological polar surface area (TPSA) is 64.6 Å². The molecule has 3 aromatic rings. The third-order valence-corrected chi connectivity index (χ3v) is 5.39. The molecule has 3 rings (SSSR count). The summed E-state index contributed by atoms with van der Waals surface area (Å²) in [6.07, 6.45) is -1.07. The maximum absolute atomic E-state index is 13.0. The zero-order valence-corrected chi connectivity index (χ0v) is 17.6. The lowest BCUT2D eigenvalue weighted by Gasteiger charge is -2.20. The van der Waals surface area contributed by atoms with E-state index >= 15 is 0 Å². The first kappa shape index (κ1) is 21.5. The highest BCUT2D eigenvalue weighted by Gasteiger charge is 2.28. The summed E-state index contributed by atoms with van der Waals surface area (Å²) in [5.74, 6) is -0.271. The van der Waals surface area contributed by atoms with Gasteiger partial charge in [-0.3, -0.25) is 9.59 Å². The molecule has 1 amide bonds. The van der Waals surface area contributed by atoms with Gasteiger partial charge in [-0.1, -0.05) is 54.6 Å². The highest BCUT2D eigenvalue weighted by atomic mass is 32.2. The third kappa shape index (κ3) is 5.87. The summed E-state index contributed by atoms with van der Waals surface area (Å²) < 4.78 is 10.9. The predicted molar refractivity (Wildman–Crippen MR) is 119 cm³/mol. The molecule has 2 atom stereocenters. The van der Waals surface area contributed by atoms with Gasteiger partial charge in [0.15, 0.2) is 0 Å². The number of hydrogen-bond acceptors (Lipinski definition) is 5. The van der Waals surface area contributed by atoms with Crippen LogP contribution in [0.25, 0.3) is 0 Å². The zero-order chi connectivity index (χ0) is 21.3. The van der Waals surface area contributed by atoms with E-state index in [1.807, 2.05) is 36.4 Å². The molecule has 3 aromatic carbocycles. The Kier molecular flexibility index (Phi) is 7.51. The number of methoxy groups -OCH3 is 1. The molecule has 0 fully saturated rings. The van der Waals surface area contributed by atoms with E-state index in [1.54, 1.807) is 62.6 Å². The number of esters is 1. The standard InChI is InChI=1S/C24H23NO4S/c1-17(30-21-14-7-4-8-15-21)24(27)29-22(18-10-5-3-6-11-18)23(26)25-19-12-9-13-20(16-19)28-2/h3-17,22H,1-2H3,(H,25,26)/t17-,22+/m0/s1. The normalized spacial score (nSPS) is 12.5. The molecule has 0 saturated heterocycles. The second kappa shape index (κ2) is 10.5. The summed E-state index contributed by atoms with van der Waals surface area (Å²) in [6, 6.07) is 25.6. The van der Waals surface area contributed by atoms with Crippen LogP contribution in [0.15, 0.2) is 89.8 Å². The van der Waals surface area contributed by atoms with Crippen LogP contribution < -0.4 is 10.1 Å². The molecule has 0 unspecified atom stereocenters. The molecule has 6 heteroatoms. The van der Waals surface area contributed by atoms with Crippen LogP contribution in [0.2, 0.25) is 0 Å². The molecule has 0 spiro atoms. The number of ether oxygens (including phenoxy) is 2. The molecule has 0 aliphatic rings. The quantitative estimate of drug-likeness (QED) is 0.405. The molecule has 0 aliphatic carbocycles. The highest BCUT2D eigenvalue weighted by molar-refractivity contribution is 8.00. The first-order chi connectivity index (χ1) is 14.6. The summed E-state index contributed by atoms with van der Waals surface area (Å²) in [4.78, 5) is 26.7. The van der Waals surface area contributed by atoms with Crippen LogP contribution in [0.5, 0.6) is 5.75 Å². The van der Waals surface area contributed by atoms with E-state index in [0.717, 1.165) is 4.90 Å². The van der Waals surface area contributed by atoms with Crippen LogP contribution in [0, 0.1) is 0 Å². The number of rotatable bonds is 8. The molecule has 154 valence electrons. The minimum atomic E-state index is -1.07. The molecule has 0 aliphatic heterocycles. The highest BCUT2D eigenvalue weighted by Crippen LogP contribution is 2.27. The molecular formula is C24H23NO4S. The molecule has 0 aromatic heterocycles. The van der Waals surface area contributed by atoms with Gasteiger partial charge in [-0.2, -0.15) is 0 Å². The number of hydrogen-bond donors (Lipinski definition) is 1. The first-order valence-corrected chi connectivity index (χ1v) is 10.4. The number of thioether (sulfide) groups is 1. The Labute approximate surface area is 180 Å². The number of amides is 1. The number of carbonyl (C=O) groups excluding carboxylic acids is 2. The van der Waals surface area contributed by atoms with Crippen molar-refractivity contribution in [2.75, 3.05) is 12.4 Å². The average Bonchev–Trinajstić information content (AvgIpc) is 2.78. The van der Waals surface area contributed by atoms with E-state index in [4.69, 9.17) is 9.47 Å². The van der Waals surface area contributed by atoms with Gasteiger partial charge in [-0.25, -0.2) is 0 Å². The lowest BCUT2D eigenvalue weighted by molar-refractivity contribution is -0.153. The Balaban J connectivity index is 1.75. The average molecular weight is 422 g/mol. The van der Waals surface area contributed by atoms with Gasteiger partial charge in [0.05, 0.1) is 7.11 Å². The Morgan fingerprint density at radius 3 is 2.23 bits per heavy atom. The van der Waals surface area contributed by atoms with Crippen LogP contribution in [-0.2, 0) is 14.3 Å². The summed E-state index contributed by atoms with van der Waals surface area (Å²) in [6.45, 7) is 1.77. The van der Waals surface area contributed by atoms with Gasteiger partial charge in [0, 0.05) is 22.2 Å². The second-order valence-corrected chi connectivity index (χ2v) is 7.94. The van der Waals surface area contributed by atoms with Gasteiger partial charge in [0.1, 0.15) is 11.0 Å². The smallest absolute Gasteiger partial charge is 0.320 e. The van der Waals surface area contributed by atoms with Crippen molar-refractivity contribution in [2.24, 2.45) is 0 Å². The van der Waals surface area contributed by atoms with Crippen LogP contribution >= 0.6 is 11.8 Å². The van der Waals surface area contributed by atoms with Gasteiger partial charge in [0.2, 0.25) is 6.10 Å². The van der Waals surface area contributed by atoms with E-state index in [-0.39, 0.29) is 0 Å². The summed E-state index contributed by atoms with van der Waals surface area (Å²) in [7, 11) is 1.56. The number of carbonyl (C=O) groups is 2. The van der Waals surface area contributed by atoms with Crippen LogP contribution in [0.1, 0.15) is 18.6 Å². The van der Waals surface area contributed by atoms with Gasteiger partial charge >= 0.3 is 5.97 Å². The van der Waals surface area contributed by atoms with Crippen molar-refractivity contribution >= 4 is 29.3 Å². The lowest BCUT2D eigenvalue weighted by Crippen LogP contribution is -2.28. The minimum Gasteiger partial charge on any atom is -0.497 e. The number of benzene rings is 3. The second-order valence-electron chi connectivity index (χ2n) is 6.52. The minimum absolute atomic E-state index is 0.431. The van der Waals surface area contributed by atoms with Crippen molar-refractivity contribution in [1.82, 2.24) is 0 Å². The van der Waals surface area contributed by atoms with E-state index < -0.39 is 23.2 Å². The van der Waals surface area contributed by atoms with Crippen LogP contribution in [0.3, 0.4) is 0 Å². The van der Waals surface area contributed by atoms with Crippen molar-refractivity contribution < 1.29 is 19.1 Å². The van der Waals surface area contributed by atoms with Crippen molar-refractivity contribution in [2.45, 2.75) is 23.2 Å². The zero-order valence-electron chi connectivity index (χ0n) is 16.8. The Morgan fingerprint density at radius 2 is 1.57 bits per heavy atom. The predicted octanol–water partition coefficient (Wildman–Crippen LogP) is 5.10. The Hall–Kier alpha value is -3.25. The molecule has 5 nitrogen and oxygen atoms in total. The van der Waals surface area contributed by atoms with E-state index in [9.17, 15) is 9.59 Å². The Bertz CT molecular complexity index is 979. The molecule has 30 heavy (non-hydrogen) atoms. The number of nitrogens with one attached hydrogen (secondary N) is 1. The van der Waals surface area contributed by atoms with E-state index in [2.05, 4.69) is 5.32 Å². The first-order valence-electron chi connectivity index (χ1n) is 9.49. The van der Waals surface area contributed by atoms with Gasteiger partial charge < -0.3 is 14.8 Å². The fourth-order valence-electron chi connectivity index (χ4n) is 2.77.